The first kappa shape index (κ1) is 10.1. The van der Waals surface area contributed by atoms with Gasteiger partial charge in [-0.3, -0.25) is 4.98 Å². The number of hydrogen-bond acceptors (Lipinski definition) is 5. The fourth-order valence-electron chi connectivity index (χ4n) is 1.07. The van der Waals surface area contributed by atoms with Crippen molar-refractivity contribution in [2.45, 2.75) is 0 Å². The number of thiazole rings is 2. The van der Waals surface area contributed by atoms with Crippen LogP contribution in [0.5, 0.6) is 0 Å². The van der Waals surface area contributed by atoms with Crippen molar-refractivity contribution < 1.29 is 0 Å². The van der Waals surface area contributed by atoms with Gasteiger partial charge in [0.05, 0.1) is 15.7 Å². The lowest BCUT2D eigenvalue weighted by atomic mass is 10.3. The van der Waals surface area contributed by atoms with Crippen molar-refractivity contribution in [1.82, 2.24) is 9.97 Å². The average Bonchev–Trinajstić information content (AvgIpc) is 2.87. The summed E-state index contributed by atoms with van der Waals surface area (Å²) >= 11 is 3.12. The molecule has 2 heterocycles. The third-order valence-electron chi connectivity index (χ3n) is 1.66. The van der Waals surface area contributed by atoms with Crippen LogP contribution in [0.3, 0.4) is 0 Å². The van der Waals surface area contributed by atoms with E-state index in [2.05, 4.69) is 9.97 Å². The van der Waals surface area contributed by atoms with Crippen molar-refractivity contribution in [1.29, 1.82) is 0 Å². The Hall–Kier alpha value is -1.46. The summed E-state index contributed by atoms with van der Waals surface area (Å²) in [5.74, 6) is 0. The van der Waals surface area contributed by atoms with Crippen LogP contribution in [-0.4, -0.2) is 9.97 Å². The Morgan fingerprint density at radius 2 is 2.07 bits per heavy atom. The number of anilines is 1. The third kappa shape index (κ3) is 2.74. The molecule has 0 aliphatic rings. The second-order valence-electron chi connectivity index (χ2n) is 2.70. The molecule has 76 valence electrons. The van der Waals surface area contributed by atoms with E-state index >= 15 is 0 Å². The highest BCUT2D eigenvalue weighted by molar-refractivity contribution is 7.22. The largest absolute Gasteiger partial charge is 0.375 e. The van der Waals surface area contributed by atoms with E-state index in [1.165, 1.54) is 11.3 Å². The molecule has 0 aliphatic carbocycles. The summed E-state index contributed by atoms with van der Waals surface area (Å²) in [7, 11) is 0. The summed E-state index contributed by atoms with van der Waals surface area (Å²) in [6.07, 6.45) is 1.77. The zero-order valence-corrected chi connectivity index (χ0v) is 9.46. The van der Waals surface area contributed by atoms with Gasteiger partial charge in [0.1, 0.15) is 0 Å². The summed E-state index contributed by atoms with van der Waals surface area (Å²) in [6, 6.07) is 7.92. The number of hydrogen-bond donors (Lipinski definition) is 1. The summed E-state index contributed by atoms with van der Waals surface area (Å²) in [5.41, 5.74) is 8.28. The number of aromatic nitrogens is 2. The van der Waals surface area contributed by atoms with Crippen LogP contribution in [0.2, 0.25) is 0 Å². The molecular weight excluding hydrogens is 226 g/mol. The maximum Gasteiger partial charge on any atom is 0.181 e. The quantitative estimate of drug-likeness (QED) is 0.651. The first-order valence-corrected chi connectivity index (χ1v) is 6.05. The molecule has 0 radical (unpaired) electrons. The van der Waals surface area contributed by atoms with Gasteiger partial charge in [0.15, 0.2) is 5.13 Å². The van der Waals surface area contributed by atoms with Crippen LogP contribution in [0, 0.1) is 0 Å². The highest BCUT2D eigenvalue weighted by Gasteiger charge is 1.96. The molecule has 3 nitrogen and oxygen atoms in total. The van der Waals surface area contributed by atoms with Crippen molar-refractivity contribution in [2.75, 3.05) is 5.73 Å². The van der Waals surface area contributed by atoms with Crippen LogP contribution < -0.4 is 5.73 Å². The molecule has 0 saturated heterocycles. The van der Waals surface area contributed by atoms with Crippen LogP contribution in [0.4, 0.5) is 5.13 Å². The molecule has 0 aliphatic heterocycles. The topological polar surface area (TPSA) is 51.8 Å². The number of para-hydroxylation sites is 1. The maximum absolute atomic E-state index is 5.50. The molecule has 0 amide bonds. The van der Waals surface area contributed by atoms with E-state index in [1.807, 2.05) is 29.6 Å². The molecule has 0 unspecified atom stereocenters. The predicted molar refractivity (Wildman–Crippen MR) is 66.1 cm³/mol. The van der Waals surface area contributed by atoms with Gasteiger partial charge in [-0.1, -0.05) is 23.5 Å². The number of benzene rings is 1. The second-order valence-corrected chi connectivity index (χ2v) is 4.51. The van der Waals surface area contributed by atoms with Crippen molar-refractivity contribution >= 4 is 38.0 Å². The van der Waals surface area contributed by atoms with Gasteiger partial charge in [-0.05, 0) is 12.1 Å². The van der Waals surface area contributed by atoms with Gasteiger partial charge in [-0.15, -0.1) is 11.3 Å². The van der Waals surface area contributed by atoms with E-state index in [-0.39, 0.29) is 0 Å². The van der Waals surface area contributed by atoms with E-state index < -0.39 is 0 Å². The minimum atomic E-state index is 0.640. The van der Waals surface area contributed by atoms with Gasteiger partial charge in [-0.25, -0.2) is 4.98 Å². The zero-order chi connectivity index (χ0) is 10.5. The number of fused-ring (bicyclic) bond motifs is 1. The molecule has 15 heavy (non-hydrogen) atoms. The second kappa shape index (κ2) is 4.86. The Bertz CT molecular complexity index is 466. The number of nitrogens with two attached hydrogens (primary N) is 1. The summed E-state index contributed by atoms with van der Waals surface area (Å²) in [6.45, 7) is 0. The van der Waals surface area contributed by atoms with Crippen LogP contribution in [0.1, 0.15) is 0 Å². The van der Waals surface area contributed by atoms with E-state index in [1.54, 1.807) is 23.0 Å². The van der Waals surface area contributed by atoms with Crippen LogP contribution in [0.15, 0.2) is 41.4 Å². The average molecular weight is 235 g/mol. The molecule has 0 spiro atoms. The van der Waals surface area contributed by atoms with E-state index in [4.69, 9.17) is 5.73 Å². The molecule has 2 aromatic heterocycles. The smallest absolute Gasteiger partial charge is 0.181 e. The zero-order valence-electron chi connectivity index (χ0n) is 7.83. The molecule has 3 rings (SSSR count). The highest BCUT2D eigenvalue weighted by atomic mass is 32.1. The first-order valence-electron chi connectivity index (χ1n) is 4.29. The molecular formula is C10H9N3S2. The van der Waals surface area contributed by atoms with E-state index in [9.17, 15) is 0 Å². The fraction of sp³-hybridized carbons (Fsp3) is 0. The molecule has 1 aromatic carbocycles. The van der Waals surface area contributed by atoms with Gasteiger partial charge in [-0.2, -0.15) is 0 Å². The van der Waals surface area contributed by atoms with E-state index in [0.717, 1.165) is 10.2 Å². The van der Waals surface area contributed by atoms with Crippen molar-refractivity contribution in [3.05, 3.63) is 41.4 Å². The SMILES string of the molecule is Nc1nc2ccccc2s1.c1cscn1. The normalized spacial score (nSPS) is 9.60. The molecule has 2 N–H and O–H groups in total. The molecule has 5 heteroatoms. The number of nitrogens with zero attached hydrogens (tertiary/aromatic N) is 2. The Kier molecular flexibility index (Phi) is 3.26. The third-order valence-corrected chi connectivity index (χ3v) is 3.05. The van der Waals surface area contributed by atoms with Gasteiger partial charge < -0.3 is 5.73 Å². The Balaban J connectivity index is 0.000000144. The van der Waals surface area contributed by atoms with E-state index in [0.29, 0.717) is 5.13 Å². The standard InChI is InChI=1S/C7H6N2S.C3H3NS/c8-7-9-5-3-1-2-4-6(5)10-7;1-2-5-3-4-1/h1-4H,(H2,8,9);1-3H. The van der Waals surface area contributed by atoms with Crippen LogP contribution in [0.25, 0.3) is 10.2 Å². The Morgan fingerprint density at radius 1 is 1.20 bits per heavy atom. The molecule has 0 atom stereocenters. The Morgan fingerprint density at radius 3 is 2.67 bits per heavy atom. The fourth-order valence-corrected chi connectivity index (χ4v) is 2.15. The molecule has 0 saturated carbocycles. The summed E-state index contributed by atoms with van der Waals surface area (Å²) < 4.78 is 1.15. The number of rotatable bonds is 0. The van der Waals surface area contributed by atoms with Crippen molar-refractivity contribution in [3.8, 4) is 0 Å². The monoisotopic (exact) mass is 235 g/mol. The molecule has 0 fully saturated rings. The predicted octanol–water partition coefficient (Wildman–Crippen LogP) is 3.02. The van der Waals surface area contributed by atoms with Gasteiger partial charge in [0, 0.05) is 11.6 Å². The minimum Gasteiger partial charge on any atom is -0.375 e. The first-order chi connectivity index (χ1) is 7.36. The van der Waals surface area contributed by atoms with Crippen molar-refractivity contribution in [2.24, 2.45) is 0 Å². The Labute approximate surface area is 95.2 Å². The van der Waals surface area contributed by atoms with Gasteiger partial charge >= 0.3 is 0 Å². The van der Waals surface area contributed by atoms with Gasteiger partial charge in [0.2, 0.25) is 0 Å². The highest BCUT2D eigenvalue weighted by Crippen LogP contribution is 2.22. The lowest BCUT2D eigenvalue weighted by Crippen LogP contribution is -1.78. The van der Waals surface area contributed by atoms with Crippen LogP contribution >= 0.6 is 22.7 Å². The lowest BCUT2D eigenvalue weighted by Gasteiger charge is -1.80. The van der Waals surface area contributed by atoms with Crippen molar-refractivity contribution in [3.63, 3.8) is 0 Å². The molecule has 0 bridgehead atoms. The van der Waals surface area contributed by atoms with Crippen LogP contribution in [-0.2, 0) is 0 Å². The van der Waals surface area contributed by atoms with Gasteiger partial charge in [0.25, 0.3) is 0 Å². The minimum absolute atomic E-state index is 0.640. The number of nitrogen functional groups attached to an aromatic ring is 1. The summed E-state index contributed by atoms with van der Waals surface area (Å²) in [5, 5.41) is 2.57. The molecule has 3 aromatic rings. The lowest BCUT2D eigenvalue weighted by molar-refractivity contribution is 1.43. The summed E-state index contributed by atoms with van der Waals surface area (Å²) in [4.78, 5) is 7.85. The maximum atomic E-state index is 5.50.